The summed E-state index contributed by atoms with van der Waals surface area (Å²) in [4.78, 5) is 35.6. The summed E-state index contributed by atoms with van der Waals surface area (Å²) in [6.07, 6.45) is 3.35. The number of hydrogen-bond donors (Lipinski definition) is 3. The third kappa shape index (κ3) is 2.97. The standard InChI is InChI=1S/C12H19N3O4/c1-7(8-3-2-4-8)14-12(19)15-6-10(16)13-5-9(15)11(17)18/h7-9H,2-6H2,1H3,(H,13,16)(H,14,19)(H,17,18). The van der Waals surface area contributed by atoms with Gasteiger partial charge < -0.3 is 15.7 Å². The molecule has 1 saturated carbocycles. The zero-order valence-corrected chi connectivity index (χ0v) is 10.9. The first-order valence-corrected chi connectivity index (χ1v) is 6.55. The first-order chi connectivity index (χ1) is 8.99. The molecule has 0 aromatic heterocycles. The lowest BCUT2D eigenvalue weighted by Crippen LogP contribution is -2.62. The minimum absolute atomic E-state index is 0.0145. The van der Waals surface area contributed by atoms with Gasteiger partial charge in [-0.25, -0.2) is 9.59 Å². The van der Waals surface area contributed by atoms with Crippen LogP contribution >= 0.6 is 0 Å². The number of nitrogens with zero attached hydrogens (tertiary/aromatic N) is 1. The van der Waals surface area contributed by atoms with Gasteiger partial charge in [0.1, 0.15) is 12.6 Å². The third-order valence-corrected chi connectivity index (χ3v) is 3.94. The highest BCUT2D eigenvalue weighted by Gasteiger charge is 2.36. The zero-order chi connectivity index (χ0) is 14.0. The van der Waals surface area contributed by atoms with Gasteiger partial charge >= 0.3 is 12.0 Å². The molecule has 2 unspecified atom stereocenters. The van der Waals surface area contributed by atoms with Crippen LogP contribution in [0.2, 0.25) is 0 Å². The highest BCUT2D eigenvalue weighted by Crippen LogP contribution is 2.29. The molecule has 7 nitrogen and oxygen atoms in total. The molecule has 19 heavy (non-hydrogen) atoms. The largest absolute Gasteiger partial charge is 0.480 e. The minimum atomic E-state index is -1.11. The summed E-state index contributed by atoms with van der Waals surface area (Å²) >= 11 is 0. The molecule has 1 heterocycles. The summed E-state index contributed by atoms with van der Waals surface area (Å²) in [6.45, 7) is 1.67. The fraction of sp³-hybridized carbons (Fsp3) is 0.750. The lowest BCUT2D eigenvalue weighted by atomic mass is 9.80. The molecule has 2 fully saturated rings. The molecule has 0 aromatic carbocycles. The number of hydrogen-bond acceptors (Lipinski definition) is 3. The number of rotatable bonds is 3. The van der Waals surface area contributed by atoms with Gasteiger partial charge in [-0.2, -0.15) is 0 Å². The second kappa shape index (κ2) is 5.46. The number of carbonyl (C=O) groups is 3. The maximum atomic E-state index is 12.1. The zero-order valence-electron chi connectivity index (χ0n) is 10.9. The SMILES string of the molecule is CC(NC(=O)N1CC(=O)NCC1C(=O)O)C1CCC1. The molecule has 0 bridgehead atoms. The predicted molar refractivity (Wildman–Crippen MR) is 66.5 cm³/mol. The van der Waals surface area contributed by atoms with Crippen LogP contribution in [0.3, 0.4) is 0 Å². The smallest absolute Gasteiger partial charge is 0.328 e. The van der Waals surface area contributed by atoms with E-state index in [1.54, 1.807) is 0 Å². The number of carboxylic acid groups (broad SMARTS) is 1. The van der Waals surface area contributed by atoms with Crippen LogP contribution < -0.4 is 10.6 Å². The van der Waals surface area contributed by atoms with Crippen molar-refractivity contribution >= 4 is 17.9 Å². The molecule has 7 heteroatoms. The van der Waals surface area contributed by atoms with E-state index in [0.717, 1.165) is 17.7 Å². The van der Waals surface area contributed by atoms with Crippen molar-refractivity contribution in [3.63, 3.8) is 0 Å². The molecule has 2 aliphatic rings. The molecule has 0 aromatic rings. The van der Waals surface area contributed by atoms with Gasteiger partial charge in [0.25, 0.3) is 0 Å². The van der Waals surface area contributed by atoms with E-state index < -0.39 is 18.0 Å². The van der Waals surface area contributed by atoms with Gasteiger partial charge in [-0.1, -0.05) is 6.42 Å². The normalized spacial score (nSPS) is 25.2. The van der Waals surface area contributed by atoms with Crippen molar-refractivity contribution in [3.8, 4) is 0 Å². The van der Waals surface area contributed by atoms with Crippen LogP contribution in [0.15, 0.2) is 0 Å². The molecule has 0 spiro atoms. The van der Waals surface area contributed by atoms with Crippen molar-refractivity contribution in [3.05, 3.63) is 0 Å². The number of piperazine rings is 1. The summed E-state index contributed by atoms with van der Waals surface area (Å²) in [5, 5.41) is 14.3. The van der Waals surface area contributed by atoms with Gasteiger partial charge in [-0.05, 0) is 25.7 Å². The highest BCUT2D eigenvalue weighted by atomic mass is 16.4. The van der Waals surface area contributed by atoms with E-state index >= 15 is 0 Å². The Bertz CT molecular complexity index is 394. The Hall–Kier alpha value is -1.79. The Labute approximate surface area is 111 Å². The van der Waals surface area contributed by atoms with Crippen LogP contribution in [0.4, 0.5) is 4.79 Å². The molecule has 2 rings (SSSR count). The van der Waals surface area contributed by atoms with Gasteiger partial charge in [0.05, 0.1) is 0 Å². The molecule has 3 amide bonds. The molecule has 0 radical (unpaired) electrons. The van der Waals surface area contributed by atoms with Crippen LogP contribution in [-0.4, -0.2) is 53.1 Å². The van der Waals surface area contributed by atoms with Crippen molar-refractivity contribution in [2.75, 3.05) is 13.1 Å². The molecule has 3 N–H and O–H groups in total. The fourth-order valence-corrected chi connectivity index (χ4v) is 2.41. The molecular weight excluding hydrogens is 250 g/mol. The lowest BCUT2D eigenvalue weighted by molar-refractivity contribution is -0.144. The van der Waals surface area contributed by atoms with E-state index in [1.807, 2.05) is 6.92 Å². The number of nitrogens with one attached hydrogen (secondary N) is 2. The summed E-state index contributed by atoms with van der Waals surface area (Å²) in [5.41, 5.74) is 0. The van der Waals surface area contributed by atoms with E-state index in [0.29, 0.717) is 5.92 Å². The number of carboxylic acids is 1. The Morgan fingerprint density at radius 2 is 2.16 bits per heavy atom. The molecule has 1 aliphatic heterocycles. The van der Waals surface area contributed by atoms with Crippen LogP contribution in [0, 0.1) is 5.92 Å². The maximum absolute atomic E-state index is 12.1. The monoisotopic (exact) mass is 269 g/mol. The molecule has 1 aliphatic carbocycles. The minimum Gasteiger partial charge on any atom is -0.480 e. The second-order valence-corrected chi connectivity index (χ2v) is 5.22. The van der Waals surface area contributed by atoms with Gasteiger partial charge in [-0.3, -0.25) is 9.69 Å². The van der Waals surface area contributed by atoms with E-state index in [-0.39, 0.29) is 25.0 Å². The molecule has 2 atom stereocenters. The Morgan fingerprint density at radius 3 is 2.68 bits per heavy atom. The average Bonchev–Trinajstić information content (AvgIpc) is 2.25. The first-order valence-electron chi connectivity index (χ1n) is 6.55. The topological polar surface area (TPSA) is 98.7 Å². The van der Waals surface area contributed by atoms with Crippen LogP contribution in [0.5, 0.6) is 0 Å². The van der Waals surface area contributed by atoms with Crippen molar-refractivity contribution in [1.82, 2.24) is 15.5 Å². The summed E-state index contributed by atoms with van der Waals surface area (Å²) in [7, 11) is 0. The Morgan fingerprint density at radius 1 is 1.47 bits per heavy atom. The Balaban J connectivity index is 1.97. The quantitative estimate of drug-likeness (QED) is 0.659. The summed E-state index contributed by atoms with van der Waals surface area (Å²) in [5.74, 6) is -0.971. The Kier molecular flexibility index (Phi) is 3.92. The van der Waals surface area contributed by atoms with Gasteiger partial charge in [0, 0.05) is 12.6 Å². The van der Waals surface area contributed by atoms with Crippen molar-refractivity contribution < 1.29 is 19.5 Å². The summed E-state index contributed by atoms with van der Waals surface area (Å²) < 4.78 is 0. The average molecular weight is 269 g/mol. The van der Waals surface area contributed by atoms with Gasteiger partial charge in [-0.15, -0.1) is 0 Å². The second-order valence-electron chi connectivity index (χ2n) is 5.22. The highest BCUT2D eigenvalue weighted by molar-refractivity contribution is 5.90. The van der Waals surface area contributed by atoms with E-state index in [1.165, 1.54) is 6.42 Å². The van der Waals surface area contributed by atoms with Gasteiger partial charge in [0.2, 0.25) is 5.91 Å². The van der Waals surface area contributed by atoms with Crippen molar-refractivity contribution in [2.45, 2.75) is 38.3 Å². The number of carbonyl (C=O) groups excluding carboxylic acids is 2. The van der Waals surface area contributed by atoms with E-state index in [2.05, 4.69) is 10.6 Å². The van der Waals surface area contributed by atoms with E-state index in [4.69, 9.17) is 5.11 Å². The summed E-state index contributed by atoms with van der Waals surface area (Å²) in [6, 6.07) is -1.45. The number of amides is 3. The third-order valence-electron chi connectivity index (χ3n) is 3.94. The number of aliphatic carboxylic acids is 1. The maximum Gasteiger partial charge on any atom is 0.328 e. The first kappa shape index (κ1) is 13.6. The van der Waals surface area contributed by atoms with Crippen LogP contribution in [0.1, 0.15) is 26.2 Å². The van der Waals surface area contributed by atoms with Crippen LogP contribution in [0.25, 0.3) is 0 Å². The van der Waals surface area contributed by atoms with Crippen LogP contribution in [-0.2, 0) is 9.59 Å². The lowest BCUT2D eigenvalue weighted by Gasteiger charge is -2.36. The predicted octanol–water partition coefficient (Wildman–Crippen LogP) is -0.230. The molecule has 106 valence electrons. The fourth-order valence-electron chi connectivity index (χ4n) is 2.41. The molecule has 1 saturated heterocycles. The van der Waals surface area contributed by atoms with Crippen molar-refractivity contribution in [2.24, 2.45) is 5.92 Å². The number of urea groups is 1. The van der Waals surface area contributed by atoms with E-state index in [9.17, 15) is 14.4 Å². The molecular formula is C12H19N3O4. The van der Waals surface area contributed by atoms with Gasteiger partial charge in [0.15, 0.2) is 0 Å². The van der Waals surface area contributed by atoms with Crippen molar-refractivity contribution in [1.29, 1.82) is 0 Å².